The SMILES string of the molecule is Cc1ccccc1S(=O)(=O)Nc1cc(C(=O)O)ccc1N1CCN(Cc2ccccc2F)CC1. The van der Waals surface area contributed by atoms with Gasteiger partial charge >= 0.3 is 5.97 Å². The average Bonchev–Trinajstić information content (AvgIpc) is 2.81. The van der Waals surface area contributed by atoms with Crippen LogP contribution >= 0.6 is 0 Å². The Labute approximate surface area is 198 Å². The number of benzene rings is 3. The minimum absolute atomic E-state index is 0.00979. The molecule has 0 spiro atoms. The first-order valence-corrected chi connectivity index (χ1v) is 12.4. The number of anilines is 2. The number of halogens is 1. The van der Waals surface area contributed by atoms with Crippen LogP contribution in [-0.4, -0.2) is 50.6 Å². The summed E-state index contributed by atoms with van der Waals surface area (Å²) in [7, 11) is -3.93. The lowest BCUT2D eigenvalue weighted by Crippen LogP contribution is -2.46. The molecule has 0 bridgehead atoms. The molecular formula is C25H26FN3O4S. The maximum absolute atomic E-state index is 14.0. The molecule has 0 amide bonds. The van der Waals surface area contributed by atoms with Gasteiger partial charge in [0.15, 0.2) is 0 Å². The van der Waals surface area contributed by atoms with Crippen LogP contribution < -0.4 is 9.62 Å². The van der Waals surface area contributed by atoms with Crippen molar-refractivity contribution < 1.29 is 22.7 Å². The molecule has 1 fully saturated rings. The van der Waals surface area contributed by atoms with E-state index in [1.54, 1.807) is 43.3 Å². The summed E-state index contributed by atoms with van der Waals surface area (Å²) in [4.78, 5) is 15.8. The Morgan fingerprint density at radius 3 is 2.35 bits per heavy atom. The monoisotopic (exact) mass is 483 g/mol. The maximum atomic E-state index is 14.0. The molecule has 0 atom stereocenters. The largest absolute Gasteiger partial charge is 0.478 e. The normalized spacial score (nSPS) is 14.7. The summed E-state index contributed by atoms with van der Waals surface area (Å²) in [5.41, 5.74) is 2.03. The fourth-order valence-corrected chi connectivity index (χ4v) is 5.41. The van der Waals surface area contributed by atoms with Gasteiger partial charge in [-0.05, 0) is 42.8 Å². The van der Waals surface area contributed by atoms with E-state index >= 15 is 0 Å². The summed E-state index contributed by atoms with van der Waals surface area (Å²) >= 11 is 0. The number of rotatable bonds is 7. The minimum Gasteiger partial charge on any atom is -0.478 e. The fourth-order valence-electron chi connectivity index (χ4n) is 4.10. The number of sulfonamides is 1. The molecule has 0 aromatic heterocycles. The molecule has 0 aliphatic carbocycles. The molecule has 1 aliphatic heterocycles. The van der Waals surface area contributed by atoms with Crippen molar-refractivity contribution in [1.29, 1.82) is 0 Å². The number of piperazine rings is 1. The summed E-state index contributed by atoms with van der Waals surface area (Å²) in [6.45, 7) is 4.67. The molecule has 0 unspecified atom stereocenters. The number of nitrogens with zero attached hydrogens (tertiary/aromatic N) is 2. The lowest BCUT2D eigenvalue weighted by molar-refractivity contribution is 0.0697. The minimum atomic E-state index is -3.93. The van der Waals surface area contributed by atoms with Crippen LogP contribution in [0.1, 0.15) is 21.5 Å². The zero-order valence-electron chi connectivity index (χ0n) is 18.7. The van der Waals surface area contributed by atoms with Crippen molar-refractivity contribution >= 4 is 27.4 Å². The third-order valence-corrected chi connectivity index (χ3v) is 7.46. The number of carboxylic acids is 1. The van der Waals surface area contributed by atoms with E-state index in [0.717, 1.165) is 0 Å². The average molecular weight is 484 g/mol. The van der Waals surface area contributed by atoms with Gasteiger partial charge in [0.2, 0.25) is 0 Å². The zero-order chi connectivity index (χ0) is 24.3. The molecule has 1 saturated heterocycles. The molecular weight excluding hydrogens is 457 g/mol. The highest BCUT2D eigenvalue weighted by atomic mass is 32.2. The van der Waals surface area contributed by atoms with Gasteiger partial charge in [-0.2, -0.15) is 0 Å². The Hall–Kier alpha value is -3.43. The second-order valence-electron chi connectivity index (χ2n) is 8.26. The van der Waals surface area contributed by atoms with Crippen molar-refractivity contribution in [3.8, 4) is 0 Å². The van der Waals surface area contributed by atoms with Crippen LogP contribution in [0.2, 0.25) is 0 Å². The first kappa shape index (κ1) is 23.7. The Bertz CT molecular complexity index is 1310. The van der Waals surface area contributed by atoms with Gasteiger partial charge in [-0.25, -0.2) is 17.6 Å². The second kappa shape index (κ2) is 9.82. The first-order valence-electron chi connectivity index (χ1n) is 10.9. The molecule has 9 heteroatoms. The second-order valence-corrected chi connectivity index (χ2v) is 9.91. The highest BCUT2D eigenvalue weighted by Crippen LogP contribution is 2.31. The fraction of sp³-hybridized carbons (Fsp3) is 0.240. The van der Waals surface area contributed by atoms with Gasteiger partial charge in [-0.1, -0.05) is 36.4 Å². The Morgan fingerprint density at radius 1 is 1.00 bits per heavy atom. The van der Waals surface area contributed by atoms with Crippen LogP contribution in [0.5, 0.6) is 0 Å². The molecule has 0 saturated carbocycles. The molecule has 34 heavy (non-hydrogen) atoms. The highest BCUT2D eigenvalue weighted by molar-refractivity contribution is 7.92. The topological polar surface area (TPSA) is 89.9 Å². The van der Waals surface area contributed by atoms with Crippen molar-refractivity contribution in [3.05, 3.63) is 89.2 Å². The number of carboxylic acid groups (broad SMARTS) is 1. The van der Waals surface area contributed by atoms with Gasteiger partial charge in [0.25, 0.3) is 10.0 Å². The smallest absolute Gasteiger partial charge is 0.335 e. The lowest BCUT2D eigenvalue weighted by Gasteiger charge is -2.37. The van der Waals surface area contributed by atoms with Gasteiger partial charge < -0.3 is 10.0 Å². The number of nitrogens with one attached hydrogen (secondary N) is 1. The summed E-state index contributed by atoms with van der Waals surface area (Å²) in [5, 5.41) is 9.44. The lowest BCUT2D eigenvalue weighted by atomic mass is 10.1. The number of aromatic carboxylic acids is 1. The molecule has 178 valence electrons. The summed E-state index contributed by atoms with van der Waals surface area (Å²) < 4.78 is 42.8. The van der Waals surface area contributed by atoms with Crippen molar-refractivity contribution in [2.24, 2.45) is 0 Å². The maximum Gasteiger partial charge on any atom is 0.335 e. The van der Waals surface area contributed by atoms with E-state index in [1.165, 1.54) is 24.3 Å². The summed E-state index contributed by atoms with van der Waals surface area (Å²) in [6.07, 6.45) is 0. The van der Waals surface area contributed by atoms with Crippen LogP contribution in [0.3, 0.4) is 0 Å². The van der Waals surface area contributed by atoms with Gasteiger partial charge in [0.1, 0.15) is 5.82 Å². The van der Waals surface area contributed by atoms with Crippen molar-refractivity contribution in [2.45, 2.75) is 18.4 Å². The highest BCUT2D eigenvalue weighted by Gasteiger charge is 2.24. The number of aryl methyl sites for hydroxylation is 1. The van der Waals surface area contributed by atoms with E-state index < -0.39 is 16.0 Å². The van der Waals surface area contributed by atoms with Crippen molar-refractivity contribution in [1.82, 2.24) is 4.90 Å². The summed E-state index contributed by atoms with van der Waals surface area (Å²) in [5.74, 6) is -1.38. The van der Waals surface area contributed by atoms with Gasteiger partial charge in [0.05, 0.1) is 21.8 Å². The van der Waals surface area contributed by atoms with E-state index in [0.29, 0.717) is 49.5 Å². The van der Waals surface area contributed by atoms with E-state index in [2.05, 4.69) is 9.62 Å². The summed E-state index contributed by atoms with van der Waals surface area (Å²) in [6, 6.07) is 17.8. The van der Waals surface area contributed by atoms with E-state index in [-0.39, 0.29) is 22.0 Å². The predicted octanol–water partition coefficient (Wildman–Crippen LogP) is 3.96. The van der Waals surface area contributed by atoms with E-state index in [1.807, 2.05) is 11.0 Å². The first-order chi connectivity index (χ1) is 16.2. The zero-order valence-corrected chi connectivity index (χ0v) is 19.6. The molecule has 7 nitrogen and oxygen atoms in total. The van der Waals surface area contributed by atoms with Crippen LogP contribution in [-0.2, 0) is 16.6 Å². The number of hydrogen-bond donors (Lipinski definition) is 2. The molecule has 1 heterocycles. The van der Waals surface area contributed by atoms with E-state index in [4.69, 9.17) is 0 Å². The molecule has 3 aromatic rings. The molecule has 4 rings (SSSR count). The third kappa shape index (κ3) is 5.21. The van der Waals surface area contributed by atoms with Crippen molar-refractivity contribution in [3.63, 3.8) is 0 Å². The van der Waals surface area contributed by atoms with Gasteiger partial charge in [-0.15, -0.1) is 0 Å². The number of carbonyl (C=O) groups is 1. The molecule has 2 N–H and O–H groups in total. The number of hydrogen-bond acceptors (Lipinski definition) is 5. The molecule has 3 aromatic carbocycles. The van der Waals surface area contributed by atoms with Crippen LogP contribution in [0.4, 0.5) is 15.8 Å². The van der Waals surface area contributed by atoms with Crippen LogP contribution in [0.15, 0.2) is 71.6 Å². The predicted molar refractivity (Wildman–Crippen MR) is 129 cm³/mol. The standard InChI is InChI=1S/C25H26FN3O4S/c1-18-6-2-5-9-24(18)34(32,33)27-22-16-19(25(30)31)10-11-23(22)29-14-12-28(13-15-29)17-20-7-3-4-8-21(20)26/h2-11,16,27H,12-15,17H2,1H3,(H,30,31). The van der Waals surface area contributed by atoms with E-state index in [9.17, 15) is 22.7 Å². The third-order valence-electron chi connectivity index (χ3n) is 5.94. The van der Waals surface area contributed by atoms with Gasteiger partial charge in [0, 0.05) is 38.3 Å². The molecule has 0 radical (unpaired) electrons. The quantitative estimate of drug-likeness (QED) is 0.529. The van der Waals surface area contributed by atoms with Crippen molar-refractivity contribution in [2.75, 3.05) is 35.8 Å². The van der Waals surface area contributed by atoms with Crippen LogP contribution in [0.25, 0.3) is 0 Å². The Morgan fingerprint density at radius 2 is 1.68 bits per heavy atom. The Kier molecular flexibility index (Phi) is 6.85. The van der Waals surface area contributed by atoms with Crippen LogP contribution in [0, 0.1) is 12.7 Å². The molecule has 1 aliphatic rings. The Balaban J connectivity index is 1.56. The van der Waals surface area contributed by atoms with Gasteiger partial charge in [-0.3, -0.25) is 9.62 Å².